The van der Waals surface area contributed by atoms with Crippen LogP contribution in [0, 0.1) is 5.82 Å². The van der Waals surface area contributed by atoms with Gasteiger partial charge in [-0.25, -0.2) is 4.39 Å². The fourth-order valence-electron chi connectivity index (χ4n) is 1.43. The first kappa shape index (κ1) is 10.8. The number of hydrogen-bond acceptors (Lipinski definition) is 3. The Labute approximate surface area is 92.7 Å². The topological polar surface area (TPSA) is 39.9 Å². The highest BCUT2D eigenvalue weighted by Gasteiger charge is 2.06. The first-order valence-electron chi connectivity index (χ1n) is 4.94. The van der Waals surface area contributed by atoms with Gasteiger partial charge in [-0.3, -0.25) is 0 Å². The summed E-state index contributed by atoms with van der Waals surface area (Å²) in [5.74, 6) is 0.462. The first-order chi connectivity index (χ1) is 7.81. The van der Waals surface area contributed by atoms with Crippen molar-refractivity contribution in [3.63, 3.8) is 0 Å². The molecule has 16 heavy (non-hydrogen) atoms. The third kappa shape index (κ3) is 2.25. The molecule has 4 nitrogen and oxygen atoms in total. The van der Waals surface area contributed by atoms with E-state index in [1.165, 1.54) is 12.1 Å². The van der Waals surface area contributed by atoms with E-state index < -0.39 is 0 Å². The molecule has 0 spiro atoms. The fourth-order valence-corrected chi connectivity index (χ4v) is 1.43. The second kappa shape index (κ2) is 4.85. The molecule has 0 unspecified atom stereocenters. The molecule has 0 radical (unpaired) electrons. The highest BCUT2D eigenvalue weighted by molar-refractivity contribution is 5.54. The standard InChI is InChI=1S/C11H12FN3O/c1-16-7-6-15-8-13-14-11(15)9-2-4-10(12)5-3-9/h2-5,8H,6-7H2,1H3. The predicted octanol–water partition coefficient (Wildman–Crippen LogP) is 1.73. The average molecular weight is 221 g/mol. The first-order valence-corrected chi connectivity index (χ1v) is 4.94. The van der Waals surface area contributed by atoms with Crippen LogP contribution in [0.3, 0.4) is 0 Å². The van der Waals surface area contributed by atoms with Gasteiger partial charge in [0, 0.05) is 19.2 Å². The summed E-state index contributed by atoms with van der Waals surface area (Å²) in [6.45, 7) is 1.27. The zero-order valence-corrected chi connectivity index (χ0v) is 8.93. The second-order valence-electron chi connectivity index (χ2n) is 3.35. The third-order valence-corrected chi connectivity index (χ3v) is 2.25. The van der Waals surface area contributed by atoms with Gasteiger partial charge in [-0.15, -0.1) is 10.2 Å². The summed E-state index contributed by atoms with van der Waals surface area (Å²) < 4.78 is 19.6. The molecule has 2 aromatic rings. The SMILES string of the molecule is COCCn1cnnc1-c1ccc(F)cc1. The Hall–Kier alpha value is -1.75. The molecule has 0 N–H and O–H groups in total. The Kier molecular flexibility index (Phi) is 3.26. The molecule has 1 heterocycles. The quantitative estimate of drug-likeness (QED) is 0.789. The fraction of sp³-hybridized carbons (Fsp3) is 0.273. The number of ether oxygens (including phenoxy) is 1. The van der Waals surface area contributed by atoms with E-state index in [1.54, 1.807) is 25.6 Å². The molecule has 0 bridgehead atoms. The molecule has 0 saturated carbocycles. The van der Waals surface area contributed by atoms with Gasteiger partial charge >= 0.3 is 0 Å². The van der Waals surface area contributed by atoms with Gasteiger partial charge in [-0.05, 0) is 24.3 Å². The van der Waals surface area contributed by atoms with E-state index >= 15 is 0 Å². The maximum Gasteiger partial charge on any atom is 0.163 e. The minimum absolute atomic E-state index is 0.258. The van der Waals surface area contributed by atoms with Crippen molar-refractivity contribution < 1.29 is 9.13 Å². The molecule has 5 heteroatoms. The van der Waals surface area contributed by atoms with Crippen LogP contribution in [0.2, 0.25) is 0 Å². The van der Waals surface area contributed by atoms with E-state index in [1.807, 2.05) is 4.57 Å². The van der Waals surface area contributed by atoms with Crippen molar-refractivity contribution in [2.24, 2.45) is 0 Å². The molecule has 1 aromatic carbocycles. The smallest absolute Gasteiger partial charge is 0.163 e. The van der Waals surface area contributed by atoms with Crippen molar-refractivity contribution in [3.8, 4) is 11.4 Å². The zero-order chi connectivity index (χ0) is 11.4. The van der Waals surface area contributed by atoms with Gasteiger partial charge in [0.15, 0.2) is 5.82 Å². The summed E-state index contributed by atoms with van der Waals surface area (Å²) >= 11 is 0. The van der Waals surface area contributed by atoms with Crippen molar-refractivity contribution in [3.05, 3.63) is 36.4 Å². The molecule has 0 saturated heterocycles. The normalized spacial score (nSPS) is 10.6. The molecule has 0 aliphatic carbocycles. The molecule has 0 aliphatic heterocycles. The van der Waals surface area contributed by atoms with E-state index in [0.717, 1.165) is 11.4 Å². The molecular formula is C11H12FN3O. The largest absolute Gasteiger partial charge is 0.383 e. The molecule has 84 valence electrons. The lowest BCUT2D eigenvalue weighted by Gasteiger charge is -2.05. The number of rotatable bonds is 4. The van der Waals surface area contributed by atoms with Crippen molar-refractivity contribution in [2.75, 3.05) is 13.7 Å². The van der Waals surface area contributed by atoms with E-state index in [4.69, 9.17) is 4.74 Å². The lowest BCUT2D eigenvalue weighted by Crippen LogP contribution is -2.04. The molecule has 1 aromatic heterocycles. The molecule has 0 aliphatic rings. The van der Waals surface area contributed by atoms with Gasteiger partial charge in [-0.2, -0.15) is 0 Å². The van der Waals surface area contributed by atoms with Crippen LogP contribution in [0.25, 0.3) is 11.4 Å². The van der Waals surface area contributed by atoms with Crippen molar-refractivity contribution in [2.45, 2.75) is 6.54 Å². The second-order valence-corrected chi connectivity index (χ2v) is 3.35. The van der Waals surface area contributed by atoms with Gasteiger partial charge in [0.25, 0.3) is 0 Å². The lowest BCUT2D eigenvalue weighted by atomic mass is 10.2. The zero-order valence-electron chi connectivity index (χ0n) is 8.93. The summed E-state index contributed by atoms with van der Waals surface area (Å²) in [4.78, 5) is 0. The summed E-state index contributed by atoms with van der Waals surface area (Å²) in [6, 6.07) is 6.18. The number of halogens is 1. The highest BCUT2D eigenvalue weighted by atomic mass is 19.1. The predicted molar refractivity (Wildman–Crippen MR) is 57.3 cm³/mol. The van der Waals surface area contributed by atoms with Crippen LogP contribution >= 0.6 is 0 Å². The van der Waals surface area contributed by atoms with Crippen LogP contribution in [0.1, 0.15) is 0 Å². The van der Waals surface area contributed by atoms with Crippen LogP contribution in [-0.2, 0) is 11.3 Å². The van der Waals surface area contributed by atoms with Crippen LogP contribution in [-0.4, -0.2) is 28.5 Å². The monoisotopic (exact) mass is 221 g/mol. The molecule has 0 amide bonds. The van der Waals surface area contributed by atoms with Gasteiger partial charge in [0.1, 0.15) is 12.1 Å². The number of aromatic nitrogens is 3. The van der Waals surface area contributed by atoms with Crippen LogP contribution in [0.15, 0.2) is 30.6 Å². The van der Waals surface area contributed by atoms with Gasteiger partial charge in [-0.1, -0.05) is 0 Å². The van der Waals surface area contributed by atoms with Crippen LogP contribution in [0.4, 0.5) is 4.39 Å². The van der Waals surface area contributed by atoms with Gasteiger partial charge in [0.2, 0.25) is 0 Å². The Morgan fingerprint density at radius 1 is 1.31 bits per heavy atom. The Morgan fingerprint density at radius 2 is 2.06 bits per heavy atom. The number of hydrogen-bond donors (Lipinski definition) is 0. The minimum atomic E-state index is -0.258. The summed E-state index contributed by atoms with van der Waals surface area (Å²) in [5, 5.41) is 7.84. The number of methoxy groups -OCH3 is 1. The Bertz CT molecular complexity index is 453. The van der Waals surface area contributed by atoms with Crippen molar-refractivity contribution >= 4 is 0 Å². The van der Waals surface area contributed by atoms with Crippen molar-refractivity contribution in [1.29, 1.82) is 0 Å². The number of nitrogens with zero attached hydrogens (tertiary/aromatic N) is 3. The van der Waals surface area contributed by atoms with Crippen molar-refractivity contribution in [1.82, 2.24) is 14.8 Å². The van der Waals surface area contributed by atoms with E-state index in [9.17, 15) is 4.39 Å². The minimum Gasteiger partial charge on any atom is -0.383 e. The Morgan fingerprint density at radius 3 is 2.75 bits per heavy atom. The average Bonchev–Trinajstić information content (AvgIpc) is 2.75. The maximum atomic E-state index is 12.8. The summed E-state index contributed by atoms with van der Waals surface area (Å²) in [5.41, 5.74) is 0.843. The van der Waals surface area contributed by atoms with E-state index in [-0.39, 0.29) is 5.82 Å². The maximum absolute atomic E-state index is 12.8. The highest BCUT2D eigenvalue weighted by Crippen LogP contribution is 2.16. The molecular weight excluding hydrogens is 209 g/mol. The summed E-state index contributed by atoms with van der Waals surface area (Å²) in [6.07, 6.45) is 1.64. The van der Waals surface area contributed by atoms with Crippen LogP contribution < -0.4 is 0 Å². The van der Waals surface area contributed by atoms with E-state index in [2.05, 4.69) is 10.2 Å². The summed E-state index contributed by atoms with van der Waals surface area (Å²) in [7, 11) is 1.64. The Balaban J connectivity index is 2.26. The molecule has 0 fully saturated rings. The molecule has 0 atom stereocenters. The van der Waals surface area contributed by atoms with E-state index in [0.29, 0.717) is 13.2 Å². The number of benzene rings is 1. The molecule has 2 rings (SSSR count). The van der Waals surface area contributed by atoms with Gasteiger partial charge < -0.3 is 9.30 Å². The van der Waals surface area contributed by atoms with Crippen LogP contribution in [0.5, 0.6) is 0 Å². The third-order valence-electron chi connectivity index (χ3n) is 2.25. The van der Waals surface area contributed by atoms with Gasteiger partial charge in [0.05, 0.1) is 6.61 Å². The lowest BCUT2D eigenvalue weighted by molar-refractivity contribution is 0.187.